The highest BCUT2D eigenvalue weighted by molar-refractivity contribution is 8.93. The van der Waals surface area contributed by atoms with Crippen molar-refractivity contribution < 1.29 is 14.3 Å². The van der Waals surface area contributed by atoms with Gasteiger partial charge in [-0.2, -0.15) is 0 Å². The van der Waals surface area contributed by atoms with Crippen molar-refractivity contribution in [2.75, 3.05) is 20.2 Å². The van der Waals surface area contributed by atoms with Crippen LogP contribution in [0.1, 0.15) is 65.2 Å². The Morgan fingerprint density at radius 1 is 1.26 bits per heavy atom. The molecule has 0 spiro atoms. The van der Waals surface area contributed by atoms with E-state index < -0.39 is 0 Å². The Bertz CT molecular complexity index is 1010. The van der Waals surface area contributed by atoms with Gasteiger partial charge in [-0.3, -0.25) is 20.0 Å². The Hall–Kier alpha value is -2.74. The molecule has 0 radical (unpaired) electrons. The predicted molar refractivity (Wildman–Crippen MR) is 126 cm³/mol. The van der Waals surface area contributed by atoms with Crippen molar-refractivity contribution in [1.29, 1.82) is 5.41 Å². The minimum absolute atomic E-state index is 0. The highest BCUT2D eigenvalue weighted by Gasteiger charge is 2.29. The number of benzene rings is 1. The topological polar surface area (TPSA) is 95.4 Å². The van der Waals surface area contributed by atoms with Crippen molar-refractivity contribution >= 4 is 34.5 Å². The predicted octanol–water partition coefficient (Wildman–Crippen LogP) is 3.74. The summed E-state index contributed by atoms with van der Waals surface area (Å²) >= 11 is 0. The summed E-state index contributed by atoms with van der Waals surface area (Å²) in [5.74, 6) is 0.379. The fraction of sp³-hybridized carbons (Fsp3) is 0.391. The normalized spacial score (nSPS) is 12.8. The van der Waals surface area contributed by atoms with E-state index in [0.717, 1.165) is 11.3 Å². The van der Waals surface area contributed by atoms with E-state index in [1.165, 1.54) is 0 Å². The van der Waals surface area contributed by atoms with Crippen LogP contribution in [-0.2, 0) is 12.0 Å². The van der Waals surface area contributed by atoms with Crippen LogP contribution >= 0.6 is 17.0 Å². The fourth-order valence-electron chi connectivity index (χ4n) is 3.43. The standard InChI is InChI=1S/C23H28N4O3.BrH/c1-6-30-19-9-15-12-27(21(24)16(15)11-17(19)22(29)25-5)13-18(28)14-7-8-26-20(10-14)23(2,3)4;/h7-11,24H,6,12-13H2,1-5H3,(H,25,29);1H. The Morgan fingerprint density at radius 2 is 1.97 bits per heavy atom. The van der Waals surface area contributed by atoms with Crippen LogP contribution in [0.2, 0.25) is 0 Å². The lowest BCUT2D eigenvalue weighted by atomic mass is 9.90. The van der Waals surface area contributed by atoms with Crippen molar-refractivity contribution in [2.24, 2.45) is 0 Å². The molecule has 0 atom stereocenters. The molecule has 1 aromatic carbocycles. The number of pyridine rings is 1. The number of rotatable bonds is 6. The molecule has 31 heavy (non-hydrogen) atoms. The number of halogens is 1. The van der Waals surface area contributed by atoms with Crippen LogP contribution in [0.5, 0.6) is 5.75 Å². The first kappa shape index (κ1) is 24.5. The molecule has 2 N–H and O–H groups in total. The number of fused-ring (bicyclic) bond motifs is 1. The van der Waals surface area contributed by atoms with Gasteiger partial charge in [0.05, 0.1) is 18.7 Å². The second-order valence-electron chi connectivity index (χ2n) is 8.33. The molecule has 0 unspecified atom stereocenters. The van der Waals surface area contributed by atoms with Crippen LogP contribution in [0.4, 0.5) is 0 Å². The van der Waals surface area contributed by atoms with E-state index >= 15 is 0 Å². The van der Waals surface area contributed by atoms with E-state index in [9.17, 15) is 9.59 Å². The maximum atomic E-state index is 12.9. The van der Waals surface area contributed by atoms with Crippen molar-refractivity contribution in [3.63, 3.8) is 0 Å². The summed E-state index contributed by atoms with van der Waals surface area (Å²) in [6.45, 7) is 8.95. The average Bonchev–Trinajstić information content (AvgIpc) is 3.01. The van der Waals surface area contributed by atoms with Gasteiger partial charge in [0.25, 0.3) is 5.91 Å². The largest absolute Gasteiger partial charge is 0.493 e. The van der Waals surface area contributed by atoms with E-state index in [1.807, 2.05) is 13.0 Å². The van der Waals surface area contributed by atoms with Gasteiger partial charge in [-0.1, -0.05) is 20.8 Å². The van der Waals surface area contributed by atoms with E-state index in [-0.39, 0.29) is 46.5 Å². The average molecular weight is 489 g/mol. The summed E-state index contributed by atoms with van der Waals surface area (Å²) in [4.78, 5) is 31.2. The van der Waals surface area contributed by atoms with Crippen LogP contribution in [0.15, 0.2) is 30.5 Å². The number of carbonyl (C=O) groups is 2. The lowest BCUT2D eigenvalue weighted by molar-refractivity contribution is 0.0953. The highest BCUT2D eigenvalue weighted by atomic mass is 79.9. The van der Waals surface area contributed by atoms with E-state index in [4.69, 9.17) is 10.1 Å². The Morgan fingerprint density at radius 3 is 2.58 bits per heavy atom. The van der Waals surface area contributed by atoms with Gasteiger partial charge in [0.2, 0.25) is 0 Å². The lowest BCUT2D eigenvalue weighted by Gasteiger charge is -2.19. The third kappa shape index (κ3) is 5.12. The number of ether oxygens (including phenoxy) is 1. The first-order chi connectivity index (χ1) is 14.2. The highest BCUT2D eigenvalue weighted by Crippen LogP contribution is 2.31. The Labute approximate surface area is 193 Å². The first-order valence-electron chi connectivity index (χ1n) is 10.0. The van der Waals surface area contributed by atoms with Gasteiger partial charge < -0.3 is 15.0 Å². The number of hydrogen-bond acceptors (Lipinski definition) is 5. The van der Waals surface area contributed by atoms with Gasteiger partial charge in [0.1, 0.15) is 11.6 Å². The van der Waals surface area contributed by atoms with Gasteiger partial charge in [-0.25, -0.2) is 0 Å². The molecule has 7 nitrogen and oxygen atoms in total. The van der Waals surface area contributed by atoms with Gasteiger partial charge in [-0.05, 0) is 36.8 Å². The summed E-state index contributed by atoms with van der Waals surface area (Å²) in [7, 11) is 1.56. The molecule has 3 rings (SSSR count). The van der Waals surface area contributed by atoms with Gasteiger partial charge in [0.15, 0.2) is 5.78 Å². The first-order valence-corrected chi connectivity index (χ1v) is 10.0. The van der Waals surface area contributed by atoms with Crippen LogP contribution in [0, 0.1) is 5.41 Å². The second kappa shape index (κ2) is 9.60. The fourth-order valence-corrected chi connectivity index (χ4v) is 3.43. The van der Waals surface area contributed by atoms with E-state index in [0.29, 0.717) is 35.6 Å². The van der Waals surface area contributed by atoms with Crippen molar-refractivity contribution in [3.8, 4) is 5.75 Å². The number of aromatic nitrogens is 1. The van der Waals surface area contributed by atoms with Crippen LogP contribution in [-0.4, -0.2) is 47.6 Å². The third-order valence-corrected chi connectivity index (χ3v) is 5.09. The molecule has 1 aromatic heterocycles. The molecule has 1 amide bonds. The number of Topliss-reactive ketones (excluding diaryl/α,β-unsaturated/α-hetero) is 1. The van der Waals surface area contributed by atoms with Gasteiger partial charge in [-0.15, -0.1) is 17.0 Å². The molecule has 166 valence electrons. The minimum Gasteiger partial charge on any atom is -0.493 e. The number of ketones is 1. The second-order valence-corrected chi connectivity index (χ2v) is 8.33. The monoisotopic (exact) mass is 488 g/mol. The molecule has 0 bridgehead atoms. The third-order valence-electron chi connectivity index (χ3n) is 5.09. The number of carbonyl (C=O) groups excluding carboxylic acids is 2. The van der Waals surface area contributed by atoms with Crippen LogP contribution in [0.25, 0.3) is 0 Å². The van der Waals surface area contributed by atoms with Crippen molar-refractivity contribution in [3.05, 3.63) is 58.4 Å². The molecule has 8 heteroatoms. The molecule has 1 aliphatic heterocycles. The van der Waals surface area contributed by atoms with Crippen LogP contribution in [0.3, 0.4) is 0 Å². The van der Waals surface area contributed by atoms with Crippen molar-refractivity contribution in [2.45, 2.75) is 39.7 Å². The smallest absolute Gasteiger partial charge is 0.254 e. The Kier molecular flexibility index (Phi) is 7.59. The molecule has 0 saturated carbocycles. The lowest BCUT2D eigenvalue weighted by Crippen LogP contribution is -2.30. The summed E-state index contributed by atoms with van der Waals surface area (Å²) in [5.41, 5.74) is 3.19. The molecular weight excluding hydrogens is 460 g/mol. The molecule has 0 aliphatic carbocycles. The summed E-state index contributed by atoms with van der Waals surface area (Å²) in [6.07, 6.45) is 1.65. The van der Waals surface area contributed by atoms with Gasteiger partial charge >= 0.3 is 0 Å². The summed E-state index contributed by atoms with van der Waals surface area (Å²) < 4.78 is 5.63. The number of nitrogens with one attached hydrogen (secondary N) is 2. The quantitative estimate of drug-likeness (QED) is 0.603. The zero-order valence-electron chi connectivity index (χ0n) is 18.5. The molecule has 0 fully saturated rings. The molecular formula is C23H29BrN4O3. The summed E-state index contributed by atoms with van der Waals surface area (Å²) in [6, 6.07) is 7.01. The zero-order chi connectivity index (χ0) is 22.1. The van der Waals surface area contributed by atoms with E-state index in [1.54, 1.807) is 36.3 Å². The summed E-state index contributed by atoms with van der Waals surface area (Å²) in [5, 5.41) is 11.1. The molecule has 0 saturated heterocycles. The van der Waals surface area contributed by atoms with Gasteiger partial charge in [0, 0.05) is 42.0 Å². The molecule has 2 aromatic rings. The zero-order valence-corrected chi connectivity index (χ0v) is 20.2. The number of hydrogen-bond donors (Lipinski definition) is 2. The maximum Gasteiger partial charge on any atom is 0.254 e. The van der Waals surface area contributed by atoms with Crippen LogP contribution < -0.4 is 10.1 Å². The molecule has 2 heterocycles. The number of nitrogens with zero attached hydrogens (tertiary/aromatic N) is 2. The maximum absolute atomic E-state index is 12.9. The van der Waals surface area contributed by atoms with Crippen molar-refractivity contribution in [1.82, 2.24) is 15.2 Å². The number of amides is 1. The Balaban J connectivity index is 0.00000341. The minimum atomic E-state index is -0.268. The van der Waals surface area contributed by atoms with E-state index in [2.05, 4.69) is 31.1 Å². The molecule has 1 aliphatic rings. The SMILES string of the molecule is Br.CCOc1cc2c(cc1C(=O)NC)C(=N)N(CC(=O)c1ccnc(C(C)(C)C)c1)C2. The number of amidine groups is 1.